The van der Waals surface area contributed by atoms with Gasteiger partial charge in [0.1, 0.15) is 17.8 Å². The van der Waals surface area contributed by atoms with Crippen molar-refractivity contribution in [1.82, 2.24) is 5.32 Å². The van der Waals surface area contributed by atoms with E-state index in [1.165, 1.54) is 4.90 Å². The van der Waals surface area contributed by atoms with E-state index in [1.807, 2.05) is 6.92 Å². The molecule has 1 saturated heterocycles. The maximum atomic E-state index is 12.4. The molecule has 2 unspecified atom stereocenters. The first-order valence-electron chi connectivity index (χ1n) is 6.46. The van der Waals surface area contributed by atoms with Crippen molar-refractivity contribution in [2.45, 2.75) is 32.4 Å². The molecule has 1 N–H and O–H groups in total. The molecule has 0 saturated carbocycles. The van der Waals surface area contributed by atoms with Gasteiger partial charge in [-0.05, 0) is 47.5 Å². The second-order valence-electron chi connectivity index (χ2n) is 4.67. The lowest BCUT2D eigenvalue weighted by atomic mass is 10.1. The van der Waals surface area contributed by atoms with Crippen molar-refractivity contribution in [2.24, 2.45) is 0 Å². The van der Waals surface area contributed by atoms with Crippen LogP contribution in [0.1, 0.15) is 20.3 Å². The molecule has 1 aromatic carbocycles. The van der Waals surface area contributed by atoms with Gasteiger partial charge in [-0.1, -0.05) is 6.92 Å². The Morgan fingerprint density at radius 2 is 2.10 bits per heavy atom. The van der Waals surface area contributed by atoms with Crippen LogP contribution >= 0.6 is 15.9 Å². The second-order valence-corrected chi connectivity index (χ2v) is 5.53. The van der Waals surface area contributed by atoms with Crippen LogP contribution in [-0.4, -0.2) is 31.0 Å². The molecule has 2 atom stereocenters. The lowest BCUT2D eigenvalue weighted by Crippen LogP contribution is -2.62. The van der Waals surface area contributed by atoms with E-state index in [4.69, 9.17) is 4.74 Å². The van der Waals surface area contributed by atoms with Crippen LogP contribution < -0.4 is 15.0 Å². The standard InChI is InChI=1S/C14H17BrN2O3/c1-4-11-14(19)17(8(2)13(18)16-11)9-5-6-12(20-3)10(15)7-9/h5-8,11H,4H2,1-3H3,(H,16,18). The summed E-state index contributed by atoms with van der Waals surface area (Å²) in [6, 6.07) is 4.36. The highest BCUT2D eigenvalue weighted by atomic mass is 79.9. The number of piperazine rings is 1. The predicted molar refractivity (Wildman–Crippen MR) is 79.9 cm³/mol. The normalized spacial score (nSPS) is 22.7. The fraction of sp³-hybridized carbons (Fsp3) is 0.429. The number of methoxy groups -OCH3 is 1. The van der Waals surface area contributed by atoms with Crippen molar-refractivity contribution in [2.75, 3.05) is 12.0 Å². The number of rotatable bonds is 3. The quantitative estimate of drug-likeness (QED) is 0.916. The molecule has 1 aliphatic heterocycles. The van der Waals surface area contributed by atoms with E-state index in [0.717, 1.165) is 4.47 Å². The molecule has 0 aliphatic carbocycles. The van der Waals surface area contributed by atoms with Gasteiger partial charge in [-0.15, -0.1) is 0 Å². The minimum atomic E-state index is -0.523. The van der Waals surface area contributed by atoms with E-state index in [1.54, 1.807) is 32.2 Å². The molecule has 1 aromatic rings. The Morgan fingerprint density at radius 1 is 1.40 bits per heavy atom. The SMILES string of the molecule is CCC1NC(=O)C(C)N(c2ccc(OC)c(Br)c2)C1=O. The summed E-state index contributed by atoms with van der Waals surface area (Å²) in [5, 5.41) is 2.74. The van der Waals surface area contributed by atoms with Crippen molar-refractivity contribution in [3.63, 3.8) is 0 Å². The molecule has 1 heterocycles. The molecule has 0 bridgehead atoms. The molecule has 0 spiro atoms. The van der Waals surface area contributed by atoms with Gasteiger partial charge < -0.3 is 10.1 Å². The van der Waals surface area contributed by atoms with Crippen molar-refractivity contribution >= 4 is 33.4 Å². The van der Waals surface area contributed by atoms with Gasteiger partial charge in [0.15, 0.2) is 0 Å². The van der Waals surface area contributed by atoms with Gasteiger partial charge in [-0.2, -0.15) is 0 Å². The van der Waals surface area contributed by atoms with Crippen molar-refractivity contribution in [3.05, 3.63) is 22.7 Å². The number of ether oxygens (including phenoxy) is 1. The summed E-state index contributed by atoms with van der Waals surface area (Å²) in [5.41, 5.74) is 0.684. The van der Waals surface area contributed by atoms with Crippen LogP contribution in [0.4, 0.5) is 5.69 Å². The fourth-order valence-electron chi connectivity index (χ4n) is 2.26. The predicted octanol–water partition coefficient (Wildman–Crippen LogP) is 2.09. The van der Waals surface area contributed by atoms with Gasteiger partial charge in [0, 0.05) is 5.69 Å². The first-order chi connectivity index (χ1) is 9.49. The van der Waals surface area contributed by atoms with Gasteiger partial charge in [0.2, 0.25) is 11.8 Å². The Bertz CT molecular complexity index is 547. The summed E-state index contributed by atoms with van der Waals surface area (Å²) in [4.78, 5) is 25.9. The number of hydrogen-bond donors (Lipinski definition) is 1. The molecular formula is C14H17BrN2O3. The molecule has 0 aromatic heterocycles. The molecule has 2 rings (SSSR count). The number of amides is 2. The minimum Gasteiger partial charge on any atom is -0.496 e. The van der Waals surface area contributed by atoms with E-state index in [-0.39, 0.29) is 11.8 Å². The summed E-state index contributed by atoms with van der Waals surface area (Å²) in [6.07, 6.45) is 0.575. The third-order valence-electron chi connectivity index (χ3n) is 3.44. The Balaban J connectivity index is 2.40. The van der Waals surface area contributed by atoms with Crippen LogP contribution in [0.2, 0.25) is 0 Å². The number of carbonyl (C=O) groups is 2. The van der Waals surface area contributed by atoms with E-state index >= 15 is 0 Å². The van der Waals surface area contributed by atoms with Crippen LogP contribution in [0.25, 0.3) is 0 Å². The average Bonchev–Trinajstić information content (AvgIpc) is 2.43. The first-order valence-corrected chi connectivity index (χ1v) is 7.25. The lowest BCUT2D eigenvalue weighted by Gasteiger charge is -2.37. The van der Waals surface area contributed by atoms with E-state index in [9.17, 15) is 9.59 Å². The van der Waals surface area contributed by atoms with Gasteiger partial charge in [0.05, 0.1) is 11.6 Å². The van der Waals surface area contributed by atoms with Gasteiger partial charge in [-0.25, -0.2) is 0 Å². The maximum Gasteiger partial charge on any atom is 0.250 e. The number of nitrogens with one attached hydrogen (secondary N) is 1. The molecule has 0 radical (unpaired) electrons. The van der Waals surface area contributed by atoms with E-state index in [0.29, 0.717) is 17.9 Å². The smallest absolute Gasteiger partial charge is 0.250 e. The molecule has 6 heteroatoms. The second kappa shape index (κ2) is 5.83. The monoisotopic (exact) mass is 340 g/mol. The maximum absolute atomic E-state index is 12.4. The lowest BCUT2D eigenvalue weighted by molar-refractivity contribution is -0.133. The molecule has 2 amide bonds. The number of nitrogens with zero attached hydrogens (tertiary/aromatic N) is 1. The van der Waals surface area contributed by atoms with E-state index < -0.39 is 12.1 Å². The van der Waals surface area contributed by atoms with Crippen molar-refractivity contribution in [3.8, 4) is 5.75 Å². The van der Waals surface area contributed by atoms with Gasteiger partial charge >= 0.3 is 0 Å². The molecular weight excluding hydrogens is 324 g/mol. The Hall–Kier alpha value is -1.56. The molecule has 1 fully saturated rings. The zero-order valence-electron chi connectivity index (χ0n) is 11.6. The summed E-state index contributed by atoms with van der Waals surface area (Å²) in [5.74, 6) is 0.461. The van der Waals surface area contributed by atoms with Gasteiger partial charge in [0.25, 0.3) is 0 Å². The van der Waals surface area contributed by atoms with Crippen LogP contribution in [0.5, 0.6) is 5.75 Å². The molecule has 20 heavy (non-hydrogen) atoms. The summed E-state index contributed by atoms with van der Waals surface area (Å²) < 4.78 is 5.92. The van der Waals surface area contributed by atoms with Crippen molar-refractivity contribution in [1.29, 1.82) is 0 Å². The highest BCUT2D eigenvalue weighted by molar-refractivity contribution is 9.10. The van der Waals surface area contributed by atoms with Crippen LogP contribution in [0.15, 0.2) is 22.7 Å². The average molecular weight is 341 g/mol. The number of anilines is 1. The number of halogens is 1. The van der Waals surface area contributed by atoms with Crippen LogP contribution in [0, 0.1) is 0 Å². The Labute approximate surface area is 126 Å². The molecule has 108 valence electrons. The molecule has 5 nitrogen and oxygen atoms in total. The van der Waals surface area contributed by atoms with Crippen LogP contribution in [-0.2, 0) is 9.59 Å². The van der Waals surface area contributed by atoms with E-state index in [2.05, 4.69) is 21.2 Å². The zero-order valence-corrected chi connectivity index (χ0v) is 13.2. The third-order valence-corrected chi connectivity index (χ3v) is 4.06. The highest BCUT2D eigenvalue weighted by Gasteiger charge is 2.38. The number of benzene rings is 1. The summed E-state index contributed by atoms with van der Waals surface area (Å²) in [6.45, 7) is 3.60. The number of carbonyl (C=O) groups excluding carboxylic acids is 2. The Kier molecular flexibility index (Phi) is 4.32. The van der Waals surface area contributed by atoms with Crippen molar-refractivity contribution < 1.29 is 14.3 Å². The third kappa shape index (κ3) is 2.52. The van der Waals surface area contributed by atoms with Crippen LogP contribution in [0.3, 0.4) is 0 Å². The zero-order chi connectivity index (χ0) is 14.9. The minimum absolute atomic E-state index is 0.0864. The first kappa shape index (κ1) is 14.8. The summed E-state index contributed by atoms with van der Waals surface area (Å²) >= 11 is 3.40. The molecule has 1 aliphatic rings. The number of hydrogen-bond acceptors (Lipinski definition) is 3. The largest absolute Gasteiger partial charge is 0.496 e. The highest BCUT2D eigenvalue weighted by Crippen LogP contribution is 2.31. The Morgan fingerprint density at radius 3 is 2.65 bits per heavy atom. The fourth-order valence-corrected chi connectivity index (χ4v) is 2.79. The summed E-state index contributed by atoms with van der Waals surface area (Å²) in [7, 11) is 1.58. The van der Waals surface area contributed by atoms with Gasteiger partial charge in [-0.3, -0.25) is 14.5 Å². The topological polar surface area (TPSA) is 58.6 Å².